The van der Waals surface area contributed by atoms with Crippen LogP contribution in [0.25, 0.3) is 17.2 Å². The number of carbonyl (C=O) groups excluding carboxylic acids is 1. The minimum absolute atomic E-state index is 0.0993. The summed E-state index contributed by atoms with van der Waals surface area (Å²) in [4.78, 5) is 27.9. The van der Waals surface area contributed by atoms with Crippen molar-refractivity contribution in [1.82, 2.24) is 29.3 Å². The van der Waals surface area contributed by atoms with E-state index >= 15 is 0 Å². The van der Waals surface area contributed by atoms with E-state index in [0.29, 0.717) is 37.2 Å². The van der Waals surface area contributed by atoms with Gasteiger partial charge in [-0.15, -0.1) is 5.10 Å². The maximum absolute atomic E-state index is 12.2. The zero-order chi connectivity index (χ0) is 23.9. The topological polar surface area (TPSA) is 100 Å². The van der Waals surface area contributed by atoms with Gasteiger partial charge in [-0.3, -0.25) is 4.79 Å². The van der Waals surface area contributed by atoms with Gasteiger partial charge in [0, 0.05) is 24.8 Å². The van der Waals surface area contributed by atoms with Crippen molar-refractivity contribution in [2.45, 2.75) is 32.4 Å². The summed E-state index contributed by atoms with van der Waals surface area (Å²) in [6.07, 6.45) is 5.14. The number of benzene rings is 1. The number of anilines is 1. The Hall–Kier alpha value is -4.05. The number of aromatic nitrogens is 6. The molecule has 0 saturated carbocycles. The highest BCUT2D eigenvalue weighted by Gasteiger charge is 2.29. The SMILES string of the molecule is COc1nc(-c2nc3n(n2)COCC3c2cccc(N3CCCC3=O)c2)ccc1-n1cnc(C)c1. The van der Waals surface area contributed by atoms with E-state index < -0.39 is 0 Å². The monoisotopic (exact) mass is 471 g/mol. The summed E-state index contributed by atoms with van der Waals surface area (Å²) < 4.78 is 15.1. The smallest absolute Gasteiger partial charge is 0.238 e. The third-order valence-corrected chi connectivity index (χ3v) is 6.42. The number of fused-ring (bicyclic) bond motifs is 1. The number of hydrogen-bond donors (Lipinski definition) is 0. The van der Waals surface area contributed by atoms with E-state index in [4.69, 9.17) is 14.5 Å². The van der Waals surface area contributed by atoms with Crippen molar-refractivity contribution in [3.8, 4) is 23.1 Å². The Morgan fingerprint density at radius 3 is 2.86 bits per heavy atom. The Morgan fingerprint density at radius 1 is 1.17 bits per heavy atom. The Kier molecular flexibility index (Phi) is 5.29. The van der Waals surface area contributed by atoms with Crippen LogP contribution in [0, 0.1) is 6.92 Å². The van der Waals surface area contributed by atoms with Crippen molar-refractivity contribution in [3.63, 3.8) is 0 Å². The predicted octanol–water partition coefficient (Wildman–Crippen LogP) is 3.09. The second-order valence-electron chi connectivity index (χ2n) is 8.74. The van der Waals surface area contributed by atoms with Crippen molar-refractivity contribution in [2.24, 2.45) is 0 Å². The Morgan fingerprint density at radius 2 is 2.09 bits per heavy atom. The lowest BCUT2D eigenvalue weighted by Crippen LogP contribution is -2.25. The summed E-state index contributed by atoms with van der Waals surface area (Å²) in [6.45, 7) is 3.51. The first-order valence-electron chi connectivity index (χ1n) is 11.6. The molecule has 1 unspecified atom stereocenters. The molecule has 10 heteroatoms. The standard InChI is InChI=1S/C25H25N7O3/c1-16-12-30(14-26-16)21-9-8-20(27-25(21)34-2)23-28-24-19(13-35-15-32(24)29-23)17-5-3-6-18(11-17)31-10-4-7-22(31)33/h3,5-6,8-9,11-12,14,19H,4,7,10,13,15H2,1-2H3. The zero-order valence-corrected chi connectivity index (χ0v) is 19.6. The summed E-state index contributed by atoms with van der Waals surface area (Å²) in [5.74, 6) is 1.85. The van der Waals surface area contributed by atoms with Crippen LogP contribution in [0.5, 0.6) is 5.88 Å². The fourth-order valence-electron chi connectivity index (χ4n) is 4.68. The normalized spacial score (nSPS) is 17.6. The van der Waals surface area contributed by atoms with Gasteiger partial charge in [0.2, 0.25) is 11.8 Å². The number of aryl methyl sites for hydroxylation is 1. The van der Waals surface area contributed by atoms with Crippen LogP contribution in [0.2, 0.25) is 0 Å². The van der Waals surface area contributed by atoms with Crippen molar-refractivity contribution >= 4 is 11.6 Å². The van der Waals surface area contributed by atoms with Gasteiger partial charge in [-0.2, -0.15) is 0 Å². The molecule has 178 valence electrons. The number of nitrogens with zero attached hydrogens (tertiary/aromatic N) is 7. The average molecular weight is 472 g/mol. The van der Waals surface area contributed by atoms with E-state index in [9.17, 15) is 4.79 Å². The first kappa shape index (κ1) is 21.5. The quantitative estimate of drug-likeness (QED) is 0.441. The third-order valence-electron chi connectivity index (χ3n) is 6.42. The molecule has 3 aromatic heterocycles. The van der Waals surface area contributed by atoms with Crippen molar-refractivity contribution in [2.75, 3.05) is 25.2 Å². The van der Waals surface area contributed by atoms with Crippen LogP contribution >= 0.6 is 0 Å². The van der Waals surface area contributed by atoms with Crippen LogP contribution in [0.4, 0.5) is 5.69 Å². The molecule has 0 radical (unpaired) electrons. The molecule has 4 aromatic rings. The van der Waals surface area contributed by atoms with E-state index in [-0.39, 0.29) is 11.8 Å². The van der Waals surface area contributed by atoms with Gasteiger partial charge >= 0.3 is 0 Å². The number of pyridine rings is 1. The van der Waals surface area contributed by atoms with E-state index in [1.165, 1.54) is 0 Å². The van der Waals surface area contributed by atoms with Crippen LogP contribution in [0.3, 0.4) is 0 Å². The molecule has 1 atom stereocenters. The van der Waals surface area contributed by atoms with Crippen molar-refractivity contribution in [1.29, 1.82) is 0 Å². The van der Waals surface area contributed by atoms with E-state index in [0.717, 1.165) is 41.4 Å². The third kappa shape index (κ3) is 3.85. The average Bonchev–Trinajstić information content (AvgIpc) is 3.63. The summed E-state index contributed by atoms with van der Waals surface area (Å²) in [7, 11) is 1.59. The van der Waals surface area contributed by atoms with E-state index in [2.05, 4.69) is 21.1 Å². The second-order valence-corrected chi connectivity index (χ2v) is 8.74. The number of amides is 1. The molecule has 0 spiro atoms. The molecule has 35 heavy (non-hydrogen) atoms. The van der Waals surface area contributed by atoms with Crippen LogP contribution < -0.4 is 9.64 Å². The van der Waals surface area contributed by atoms with Crippen LogP contribution in [-0.4, -0.2) is 55.5 Å². The molecular formula is C25H25N7O3. The summed E-state index contributed by atoms with van der Waals surface area (Å²) in [5, 5.41) is 4.67. The molecule has 10 nitrogen and oxygen atoms in total. The largest absolute Gasteiger partial charge is 0.479 e. The van der Waals surface area contributed by atoms with Crippen LogP contribution in [-0.2, 0) is 16.3 Å². The van der Waals surface area contributed by atoms with Crippen LogP contribution in [0.1, 0.15) is 35.8 Å². The minimum atomic E-state index is -0.0993. The highest BCUT2D eigenvalue weighted by molar-refractivity contribution is 5.95. The first-order valence-corrected chi connectivity index (χ1v) is 11.6. The fraction of sp³-hybridized carbons (Fsp3) is 0.320. The lowest BCUT2D eigenvalue weighted by Gasteiger charge is -2.24. The molecule has 1 saturated heterocycles. The Balaban J connectivity index is 1.34. The highest BCUT2D eigenvalue weighted by atomic mass is 16.5. The van der Waals surface area contributed by atoms with Gasteiger partial charge < -0.3 is 18.9 Å². The van der Waals surface area contributed by atoms with Gasteiger partial charge in [0.15, 0.2) is 5.82 Å². The maximum Gasteiger partial charge on any atom is 0.238 e. The molecule has 6 rings (SSSR count). The Labute approximate surface area is 202 Å². The number of carbonyl (C=O) groups is 1. The molecule has 2 aliphatic heterocycles. The van der Waals surface area contributed by atoms with Crippen molar-refractivity contribution < 1.29 is 14.3 Å². The summed E-state index contributed by atoms with van der Waals surface area (Å²) in [5.41, 5.74) is 4.26. The lowest BCUT2D eigenvalue weighted by molar-refractivity contribution is -0.117. The van der Waals surface area contributed by atoms with Crippen molar-refractivity contribution in [3.05, 3.63) is 66.0 Å². The maximum atomic E-state index is 12.2. The number of methoxy groups -OCH3 is 1. The van der Waals surface area contributed by atoms with Gasteiger partial charge in [-0.25, -0.2) is 19.6 Å². The summed E-state index contributed by atoms with van der Waals surface area (Å²) >= 11 is 0. The van der Waals surface area contributed by atoms with Gasteiger partial charge in [0.1, 0.15) is 23.9 Å². The second kappa shape index (κ2) is 8.62. The van der Waals surface area contributed by atoms with Gasteiger partial charge in [0.05, 0.1) is 31.7 Å². The molecule has 5 heterocycles. The zero-order valence-electron chi connectivity index (χ0n) is 19.6. The van der Waals surface area contributed by atoms with Gasteiger partial charge in [0.25, 0.3) is 0 Å². The molecule has 0 aliphatic carbocycles. The number of imidazole rings is 1. The molecular weight excluding hydrogens is 446 g/mol. The molecule has 1 aromatic carbocycles. The minimum Gasteiger partial charge on any atom is -0.479 e. The van der Waals surface area contributed by atoms with Gasteiger partial charge in [-0.1, -0.05) is 12.1 Å². The molecule has 1 fully saturated rings. The van der Waals surface area contributed by atoms with E-state index in [1.807, 2.05) is 52.9 Å². The lowest BCUT2D eigenvalue weighted by atomic mass is 9.97. The fourth-order valence-corrected chi connectivity index (χ4v) is 4.68. The molecule has 2 aliphatic rings. The first-order chi connectivity index (χ1) is 17.1. The van der Waals surface area contributed by atoms with E-state index in [1.54, 1.807) is 18.1 Å². The Bertz CT molecular complexity index is 1410. The predicted molar refractivity (Wildman–Crippen MR) is 127 cm³/mol. The van der Waals surface area contributed by atoms with Crippen LogP contribution in [0.15, 0.2) is 48.9 Å². The van der Waals surface area contributed by atoms with Gasteiger partial charge in [-0.05, 0) is 43.2 Å². The number of hydrogen-bond acceptors (Lipinski definition) is 7. The molecule has 0 bridgehead atoms. The summed E-state index contributed by atoms with van der Waals surface area (Å²) in [6, 6.07) is 11.9. The molecule has 1 amide bonds. The highest BCUT2D eigenvalue weighted by Crippen LogP contribution is 2.33. The molecule has 0 N–H and O–H groups in total. The number of ether oxygens (including phenoxy) is 2. The number of rotatable bonds is 5.